The molecule has 2 fully saturated rings. The number of amides is 1. The van der Waals surface area contributed by atoms with Crippen LogP contribution in [0, 0.1) is 5.92 Å². The Morgan fingerprint density at radius 2 is 2.09 bits per heavy atom. The van der Waals surface area contributed by atoms with E-state index in [0.29, 0.717) is 0 Å². The molecule has 0 radical (unpaired) electrons. The summed E-state index contributed by atoms with van der Waals surface area (Å²) < 4.78 is 5.35. The topological polar surface area (TPSA) is 71.7 Å². The molecule has 0 aliphatic carbocycles. The minimum Gasteiger partial charge on any atom is -0.381 e. The molecule has 2 N–H and O–H groups in total. The highest BCUT2D eigenvalue weighted by atomic mass is 32.1. The summed E-state index contributed by atoms with van der Waals surface area (Å²) in [6.07, 6.45) is 1.80. The van der Waals surface area contributed by atoms with Crippen LogP contribution >= 0.6 is 11.3 Å². The van der Waals surface area contributed by atoms with Crippen molar-refractivity contribution in [2.75, 3.05) is 39.4 Å². The second kappa shape index (κ2) is 7.50. The van der Waals surface area contributed by atoms with Crippen LogP contribution in [-0.2, 0) is 16.1 Å². The molecule has 1 amide bonds. The van der Waals surface area contributed by atoms with Gasteiger partial charge in [0.05, 0.1) is 17.2 Å². The Labute approximate surface area is 135 Å². The lowest BCUT2D eigenvalue weighted by atomic mass is 9.91. The fourth-order valence-corrected chi connectivity index (χ4v) is 3.71. The predicted molar refractivity (Wildman–Crippen MR) is 85.5 cm³/mol. The molecule has 0 saturated carbocycles. The zero-order valence-corrected chi connectivity index (χ0v) is 13.6. The Balaban J connectivity index is 1.46. The summed E-state index contributed by atoms with van der Waals surface area (Å²) in [6, 6.07) is -0.367. The molecule has 1 unspecified atom stereocenters. The van der Waals surface area contributed by atoms with Crippen molar-refractivity contribution < 1.29 is 9.53 Å². The molecule has 0 bridgehead atoms. The lowest BCUT2D eigenvalue weighted by molar-refractivity contribution is -0.136. The summed E-state index contributed by atoms with van der Waals surface area (Å²) in [7, 11) is 0. The second-order valence-electron chi connectivity index (χ2n) is 6.06. The lowest BCUT2D eigenvalue weighted by Crippen LogP contribution is -2.55. The third-order valence-electron chi connectivity index (χ3n) is 4.61. The average molecular weight is 324 g/mol. The summed E-state index contributed by atoms with van der Waals surface area (Å²) in [5, 5.41) is 2.08. The Hall–Kier alpha value is -1.02. The van der Waals surface area contributed by atoms with Crippen LogP contribution in [0.4, 0.5) is 0 Å². The van der Waals surface area contributed by atoms with Crippen molar-refractivity contribution in [1.82, 2.24) is 14.8 Å². The van der Waals surface area contributed by atoms with Gasteiger partial charge in [-0.15, -0.1) is 11.3 Å². The molecule has 1 aromatic rings. The van der Waals surface area contributed by atoms with Gasteiger partial charge in [-0.2, -0.15) is 0 Å². The summed E-state index contributed by atoms with van der Waals surface area (Å²) in [5.74, 6) is 0.384. The van der Waals surface area contributed by atoms with E-state index in [1.165, 1.54) is 0 Å². The first-order valence-corrected chi connectivity index (χ1v) is 8.90. The molecule has 122 valence electrons. The first kappa shape index (κ1) is 15.9. The number of carbonyl (C=O) groups is 1. The monoisotopic (exact) mass is 324 g/mol. The summed E-state index contributed by atoms with van der Waals surface area (Å²) in [6.45, 7) is 5.64. The molecule has 22 heavy (non-hydrogen) atoms. The van der Waals surface area contributed by atoms with Crippen molar-refractivity contribution >= 4 is 17.2 Å². The van der Waals surface area contributed by atoms with E-state index >= 15 is 0 Å². The van der Waals surface area contributed by atoms with Crippen LogP contribution in [0.5, 0.6) is 0 Å². The highest BCUT2D eigenvalue weighted by Gasteiger charge is 2.31. The molecule has 0 aromatic carbocycles. The standard InChI is InChI=1S/C15H24N4O2S/c16-14(12-1-7-21-8-2-12)15(20)19-5-3-18(4-6-19)9-13-10-22-11-17-13/h10-12,14H,1-9,16H2. The summed E-state index contributed by atoms with van der Waals surface area (Å²) >= 11 is 1.62. The third-order valence-corrected chi connectivity index (χ3v) is 5.25. The summed E-state index contributed by atoms with van der Waals surface area (Å²) in [5.41, 5.74) is 9.18. The molecule has 3 rings (SSSR count). The van der Waals surface area contributed by atoms with Gasteiger partial charge in [-0.1, -0.05) is 0 Å². The fraction of sp³-hybridized carbons (Fsp3) is 0.733. The Morgan fingerprint density at radius 3 is 2.73 bits per heavy atom. The molecule has 6 nitrogen and oxygen atoms in total. The van der Waals surface area contributed by atoms with E-state index in [1.54, 1.807) is 11.3 Å². The van der Waals surface area contributed by atoms with E-state index in [2.05, 4.69) is 15.3 Å². The van der Waals surface area contributed by atoms with Crippen molar-refractivity contribution in [2.24, 2.45) is 11.7 Å². The fourth-order valence-electron chi connectivity index (χ4n) is 3.16. The van der Waals surface area contributed by atoms with E-state index in [0.717, 1.165) is 64.5 Å². The van der Waals surface area contributed by atoms with Gasteiger partial charge in [0.25, 0.3) is 0 Å². The van der Waals surface area contributed by atoms with E-state index in [-0.39, 0.29) is 17.9 Å². The maximum absolute atomic E-state index is 12.6. The zero-order valence-electron chi connectivity index (χ0n) is 12.8. The van der Waals surface area contributed by atoms with Crippen LogP contribution in [0.3, 0.4) is 0 Å². The van der Waals surface area contributed by atoms with Crippen molar-refractivity contribution in [3.63, 3.8) is 0 Å². The van der Waals surface area contributed by atoms with Gasteiger partial charge >= 0.3 is 0 Å². The number of carbonyl (C=O) groups excluding carboxylic acids is 1. The SMILES string of the molecule is NC(C(=O)N1CCN(Cc2cscn2)CC1)C1CCOCC1. The number of thiazole rings is 1. The number of hydrogen-bond acceptors (Lipinski definition) is 6. The number of piperazine rings is 1. The molecule has 3 heterocycles. The molecule has 7 heteroatoms. The Bertz CT molecular complexity index is 468. The first-order chi connectivity index (χ1) is 10.7. The van der Waals surface area contributed by atoms with Crippen LogP contribution < -0.4 is 5.73 Å². The molecule has 1 atom stereocenters. The minimum absolute atomic E-state index is 0.111. The maximum atomic E-state index is 12.6. The van der Waals surface area contributed by atoms with Crippen LogP contribution in [0.15, 0.2) is 10.9 Å². The van der Waals surface area contributed by atoms with E-state index in [9.17, 15) is 4.79 Å². The molecule has 2 saturated heterocycles. The van der Waals surface area contributed by atoms with E-state index in [1.807, 2.05) is 10.4 Å². The quantitative estimate of drug-likeness (QED) is 0.875. The highest BCUT2D eigenvalue weighted by molar-refractivity contribution is 7.07. The van der Waals surface area contributed by atoms with Crippen LogP contribution in [0.1, 0.15) is 18.5 Å². The van der Waals surface area contributed by atoms with Gasteiger partial charge in [0.15, 0.2) is 0 Å². The molecule has 1 aromatic heterocycles. The lowest BCUT2D eigenvalue weighted by Gasteiger charge is -2.37. The second-order valence-corrected chi connectivity index (χ2v) is 6.78. The van der Waals surface area contributed by atoms with Gasteiger partial charge in [0.1, 0.15) is 0 Å². The van der Waals surface area contributed by atoms with Crippen LogP contribution in [0.2, 0.25) is 0 Å². The Kier molecular flexibility index (Phi) is 5.41. The minimum atomic E-state index is -0.367. The largest absolute Gasteiger partial charge is 0.381 e. The number of aromatic nitrogens is 1. The third kappa shape index (κ3) is 3.84. The normalized spacial score (nSPS) is 22.7. The molecular weight excluding hydrogens is 300 g/mol. The van der Waals surface area contributed by atoms with Crippen LogP contribution in [-0.4, -0.2) is 66.1 Å². The van der Waals surface area contributed by atoms with Crippen molar-refractivity contribution in [3.05, 3.63) is 16.6 Å². The average Bonchev–Trinajstić information content (AvgIpc) is 3.08. The number of rotatable bonds is 4. The van der Waals surface area contributed by atoms with Gasteiger partial charge in [0, 0.05) is 51.3 Å². The van der Waals surface area contributed by atoms with Gasteiger partial charge < -0.3 is 15.4 Å². The number of ether oxygens (including phenoxy) is 1. The molecule has 2 aliphatic rings. The number of hydrogen-bond donors (Lipinski definition) is 1. The van der Waals surface area contributed by atoms with E-state index < -0.39 is 0 Å². The van der Waals surface area contributed by atoms with Crippen molar-refractivity contribution in [2.45, 2.75) is 25.4 Å². The van der Waals surface area contributed by atoms with Gasteiger partial charge in [-0.25, -0.2) is 4.98 Å². The zero-order chi connectivity index (χ0) is 15.4. The summed E-state index contributed by atoms with van der Waals surface area (Å²) in [4.78, 5) is 21.1. The number of nitrogens with zero attached hydrogens (tertiary/aromatic N) is 3. The predicted octanol–water partition coefficient (Wildman–Crippen LogP) is 0.541. The molecule has 2 aliphatic heterocycles. The number of nitrogens with two attached hydrogens (primary N) is 1. The van der Waals surface area contributed by atoms with Gasteiger partial charge in [0.2, 0.25) is 5.91 Å². The van der Waals surface area contributed by atoms with Gasteiger partial charge in [-0.3, -0.25) is 9.69 Å². The van der Waals surface area contributed by atoms with Gasteiger partial charge in [-0.05, 0) is 18.8 Å². The van der Waals surface area contributed by atoms with Crippen molar-refractivity contribution in [1.29, 1.82) is 0 Å². The first-order valence-electron chi connectivity index (χ1n) is 7.95. The molecule has 0 spiro atoms. The Morgan fingerprint density at radius 1 is 1.36 bits per heavy atom. The molecular formula is C15H24N4O2S. The smallest absolute Gasteiger partial charge is 0.239 e. The highest BCUT2D eigenvalue weighted by Crippen LogP contribution is 2.19. The van der Waals surface area contributed by atoms with E-state index in [4.69, 9.17) is 10.5 Å². The van der Waals surface area contributed by atoms with Crippen molar-refractivity contribution in [3.8, 4) is 0 Å². The van der Waals surface area contributed by atoms with Crippen LogP contribution in [0.25, 0.3) is 0 Å². The maximum Gasteiger partial charge on any atom is 0.239 e.